The lowest BCUT2D eigenvalue weighted by molar-refractivity contribution is 1.04. The molecule has 0 aliphatic heterocycles. The van der Waals surface area contributed by atoms with Crippen LogP contribution < -0.4 is 5.73 Å². The molecule has 0 spiro atoms. The van der Waals surface area contributed by atoms with Crippen molar-refractivity contribution in [2.75, 3.05) is 0 Å². The number of rotatable bonds is 3. The molecule has 19 heavy (non-hydrogen) atoms. The first kappa shape index (κ1) is 12.2. The summed E-state index contributed by atoms with van der Waals surface area (Å²) in [6.45, 7) is 0.540. The maximum atomic E-state index is 5.98. The van der Waals surface area contributed by atoms with E-state index in [0.29, 0.717) is 6.54 Å². The predicted octanol–water partition coefficient (Wildman–Crippen LogP) is 3.27. The van der Waals surface area contributed by atoms with Crippen molar-refractivity contribution >= 4 is 22.6 Å². The molecule has 96 valence electrons. The molecule has 0 aliphatic carbocycles. The normalized spacial score (nSPS) is 11.1. The molecule has 3 N–H and O–H groups in total. The molecule has 0 fully saturated rings. The van der Waals surface area contributed by atoms with Gasteiger partial charge < -0.3 is 10.7 Å². The molecule has 0 saturated carbocycles. The Morgan fingerprint density at radius 2 is 2.00 bits per heavy atom. The summed E-state index contributed by atoms with van der Waals surface area (Å²) in [5.41, 5.74) is 9.88. The first-order valence-corrected chi connectivity index (χ1v) is 6.54. The van der Waals surface area contributed by atoms with Crippen LogP contribution in [-0.2, 0) is 13.0 Å². The number of aromatic amines is 1. The van der Waals surface area contributed by atoms with Crippen LogP contribution in [0.4, 0.5) is 0 Å². The number of aromatic nitrogens is 2. The summed E-state index contributed by atoms with van der Waals surface area (Å²) in [6.07, 6.45) is 0.743. The highest BCUT2D eigenvalue weighted by atomic mass is 35.5. The predicted molar refractivity (Wildman–Crippen MR) is 78.2 cm³/mol. The SMILES string of the molecule is NCc1ccc2nc(Cc3cccc(Cl)c3)[nH]c2c1. The van der Waals surface area contributed by atoms with E-state index in [1.807, 2.05) is 42.5 Å². The summed E-state index contributed by atoms with van der Waals surface area (Å²) >= 11 is 5.98. The topological polar surface area (TPSA) is 54.7 Å². The summed E-state index contributed by atoms with van der Waals surface area (Å²) in [7, 11) is 0. The van der Waals surface area contributed by atoms with Gasteiger partial charge in [-0.1, -0.05) is 29.8 Å². The molecule has 1 aromatic heterocycles. The second-order valence-corrected chi connectivity index (χ2v) is 4.98. The Balaban J connectivity index is 1.93. The van der Waals surface area contributed by atoms with Gasteiger partial charge in [0.25, 0.3) is 0 Å². The van der Waals surface area contributed by atoms with Crippen molar-refractivity contribution in [1.29, 1.82) is 0 Å². The first-order valence-electron chi connectivity index (χ1n) is 6.16. The molecular weight excluding hydrogens is 258 g/mol. The quantitative estimate of drug-likeness (QED) is 0.768. The van der Waals surface area contributed by atoms with Crippen molar-refractivity contribution < 1.29 is 0 Å². The average Bonchev–Trinajstić information content (AvgIpc) is 2.79. The monoisotopic (exact) mass is 271 g/mol. The number of H-pyrrole nitrogens is 1. The number of fused-ring (bicyclic) bond motifs is 1. The van der Waals surface area contributed by atoms with Gasteiger partial charge >= 0.3 is 0 Å². The van der Waals surface area contributed by atoms with Crippen LogP contribution in [-0.4, -0.2) is 9.97 Å². The van der Waals surface area contributed by atoms with Crippen molar-refractivity contribution in [2.24, 2.45) is 5.73 Å². The fraction of sp³-hybridized carbons (Fsp3) is 0.133. The summed E-state index contributed by atoms with van der Waals surface area (Å²) < 4.78 is 0. The lowest BCUT2D eigenvalue weighted by atomic mass is 10.1. The van der Waals surface area contributed by atoms with Gasteiger partial charge in [-0.2, -0.15) is 0 Å². The second-order valence-electron chi connectivity index (χ2n) is 4.55. The van der Waals surface area contributed by atoms with E-state index in [1.165, 1.54) is 0 Å². The first-order chi connectivity index (χ1) is 9.24. The van der Waals surface area contributed by atoms with Crippen molar-refractivity contribution in [3.8, 4) is 0 Å². The van der Waals surface area contributed by atoms with Gasteiger partial charge in [-0.25, -0.2) is 4.98 Å². The van der Waals surface area contributed by atoms with Gasteiger partial charge in [0.05, 0.1) is 11.0 Å². The Hall–Kier alpha value is -1.84. The number of benzene rings is 2. The molecule has 0 atom stereocenters. The van der Waals surface area contributed by atoms with Crippen LogP contribution >= 0.6 is 11.6 Å². The Morgan fingerprint density at radius 3 is 2.79 bits per heavy atom. The van der Waals surface area contributed by atoms with Crippen molar-refractivity contribution in [2.45, 2.75) is 13.0 Å². The lowest BCUT2D eigenvalue weighted by Crippen LogP contribution is -1.95. The zero-order valence-electron chi connectivity index (χ0n) is 10.4. The Bertz CT molecular complexity index is 718. The number of nitrogens with one attached hydrogen (secondary N) is 1. The highest BCUT2D eigenvalue weighted by Gasteiger charge is 2.04. The van der Waals surface area contributed by atoms with Gasteiger partial charge in [-0.15, -0.1) is 0 Å². The van der Waals surface area contributed by atoms with Gasteiger partial charge in [-0.3, -0.25) is 0 Å². The van der Waals surface area contributed by atoms with Crippen LogP contribution in [0.25, 0.3) is 11.0 Å². The van der Waals surface area contributed by atoms with E-state index in [2.05, 4.69) is 9.97 Å². The van der Waals surface area contributed by atoms with Gasteiger partial charge in [0.2, 0.25) is 0 Å². The standard InChI is InChI=1S/C15H14ClN3/c16-12-3-1-2-10(6-12)8-15-18-13-5-4-11(9-17)7-14(13)19-15/h1-7H,8-9,17H2,(H,18,19). The van der Waals surface area contributed by atoms with Crippen LogP contribution in [0.2, 0.25) is 5.02 Å². The third kappa shape index (κ3) is 2.62. The van der Waals surface area contributed by atoms with Crippen LogP contribution in [0.5, 0.6) is 0 Å². The van der Waals surface area contributed by atoms with E-state index in [1.54, 1.807) is 0 Å². The fourth-order valence-electron chi connectivity index (χ4n) is 2.16. The molecule has 4 heteroatoms. The molecule has 0 amide bonds. The van der Waals surface area contributed by atoms with Crippen LogP contribution in [0.3, 0.4) is 0 Å². The van der Waals surface area contributed by atoms with E-state index in [-0.39, 0.29) is 0 Å². The van der Waals surface area contributed by atoms with E-state index in [9.17, 15) is 0 Å². The van der Waals surface area contributed by atoms with Crippen LogP contribution in [0.1, 0.15) is 17.0 Å². The highest BCUT2D eigenvalue weighted by molar-refractivity contribution is 6.30. The van der Waals surface area contributed by atoms with Crippen LogP contribution in [0.15, 0.2) is 42.5 Å². The van der Waals surface area contributed by atoms with E-state index in [4.69, 9.17) is 17.3 Å². The molecule has 0 unspecified atom stereocenters. The average molecular weight is 272 g/mol. The van der Waals surface area contributed by atoms with Crippen molar-refractivity contribution in [3.63, 3.8) is 0 Å². The summed E-state index contributed by atoms with van der Waals surface area (Å²) in [5, 5.41) is 0.749. The highest BCUT2D eigenvalue weighted by Crippen LogP contribution is 2.17. The molecule has 0 radical (unpaired) electrons. The van der Waals surface area contributed by atoms with Crippen molar-refractivity contribution in [3.05, 3.63) is 64.4 Å². The second kappa shape index (κ2) is 5.03. The van der Waals surface area contributed by atoms with Crippen molar-refractivity contribution in [1.82, 2.24) is 9.97 Å². The van der Waals surface area contributed by atoms with Gasteiger partial charge in [0, 0.05) is 18.0 Å². The van der Waals surface area contributed by atoms with E-state index in [0.717, 1.165) is 39.4 Å². The summed E-state index contributed by atoms with van der Waals surface area (Å²) in [5.74, 6) is 0.937. The number of nitrogens with two attached hydrogens (primary N) is 1. The maximum Gasteiger partial charge on any atom is 0.111 e. The Kier molecular flexibility index (Phi) is 3.23. The maximum absolute atomic E-state index is 5.98. The molecule has 3 nitrogen and oxygen atoms in total. The molecule has 0 saturated heterocycles. The molecule has 2 aromatic carbocycles. The molecule has 1 heterocycles. The summed E-state index contributed by atoms with van der Waals surface area (Å²) in [6, 6.07) is 13.9. The lowest BCUT2D eigenvalue weighted by Gasteiger charge is -1.98. The largest absolute Gasteiger partial charge is 0.342 e. The van der Waals surface area contributed by atoms with Crippen LogP contribution in [0, 0.1) is 0 Å². The molecule has 3 rings (SSSR count). The minimum atomic E-state index is 0.540. The third-order valence-corrected chi connectivity index (χ3v) is 3.33. The van der Waals surface area contributed by atoms with E-state index < -0.39 is 0 Å². The minimum Gasteiger partial charge on any atom is -0.342 e. The summed E-state index contributed by atoms with van der Waals surface area (Å²) in [4.78, 5) is 7.90. The van der Waals surface area contributed by atoms with Gasteiger partial charge in [0.15, 0.2) is 0 Å². The smallest absolute Gasteiger partial charge is 0.111 e. The van der Waals surface area contributed by atoms with E-state index >= 15 is 0 Å². The fourth-order valence-corrected chi connectivity index (χ4v) is 2.37. The van der Waals surface area contributed by atoms with Gasteiger partial charge in [0.1, 0.15) is 5.82 Å². The molecule has 0 aliphatic rings. The zero-order chi connectivity index (χ0) is 13.2. The number of imidazole rings is 1. The number of nitrogens with zero attached hydrogens (tertiary/aromatic N) is 1. The number of hydrogen-bond donors (Lipinski definition) is 2. The Labute approximate surface area is 116 Å². The number of halogens is 1. The van der Waals surface area contributed by atoms with Gasteiger partial charge in [-0.05, 0) is 35.4 Å². The zero-order valence-corrected chi connectivity index (χ0v) is 11.1. The minimum absolute atomic E-state index is 0.540. The molecule has 3 aromatic rings. The third-order valence-electron chi connectivity index (χ3n) is 3.09. The molecule has 0 bridgehead atoms. The number of hydrogen-bond acceptors (Lipinski definition) is 2. The Morgan fingerprint density at radius 1 is 1.11 bits per heavy atom. The molecular formula is C15H14ClN3.